The Balaban J connectivity index is 2.04. The van der Waals surface area contributed by atoms with Crippen LogP contribution in [0, 0.1) is 0 Å². The minimum atomic E-state index is -4.44. The Morgan fingerprint density at radius 3 is 2.43 bits per heavy atom. The second-order valence-electron chi connectivity index (χ2n) is 4.90. The molecule has 1 aromatic carbocycles. The molecule has 116 valence electrons. The highest BCUT2D eigenvalue weighted by Gasteiger charge is 2.31. The number of hydrogen-bond acceptors (Lipinski definition) is 2. The van der Waals surface area contributed by atoms with Crippen LogP contribution in [0.1, 0.15) is 15.9 Å². The number of nitrogens with zero attached hydrogens (tertiary/aromatic N) is 2. The first-order valence-corrected chi connectivity index (χ1v) is 7.20. The first-order chi connectivity index (χ1) is 9.91. The molecule has 21 heavy (non-hydrogen) atoms. The number of alkyl halides is 4. The molecule has 3 nitrogen and oxygen atoms in total. The van der Waals surface area contributed by atoms with Gasteiger partial charge < -0.3 is 4.90 Å². The fraction of sp³-hybridized carbons (Fsp3) is 0.500. The maximum atomic E-state index is 12.7. The second kappa shape index (κ2) is 6.66. The lowest BCUT2D eigenvalue weighted by molar-refractivity contribution is -0.137. The third kappa shape index (κ3) is 4.11. The van der Waals surface area contributed by atoms with E-state index in [2.05, 4.69) is 4.90 Å². The number of halogens is 4. The number of carbonyl (C=O) groups excluding carboxylic acids is 1. The van der Waals surface area contributed by atoms with Crippen LogP contribution < -0.4 is 0 Å². The van der Waals surface area contributed by atoms with Crippen molar-refractivity contribution in [1.29, 1.82) is 0 Å². The normalized spacial score (nSPS) is 17.0. The van der Waals surface area contributed by atoms with Crippen LogP contribution in [0.2, 0.25) is 0 Å². The van der Waals surface area contributed by atoms with Crippen molar-refractivity contribution in [3.63, 3.8) is 0 Å². The van der Waals surface area contributed by atoms with E-state index in [4.69, 9.17) is 11.6 Å². The van der Waals surface area contributed by atoms with Gasteiger partial charge in [-0.1, -0.05) is 6.07 Å². The molecule has 0 N–H and O–H groups in total. The highest BCUT2D eigenvalue weighted by molar-refractivity contribution is 6.18. The maximum Gasteiger partial charge on any atom is 0.416 e. The van der Waals surface area contributed by atoms with Crippen molar-refractivity contribution in [1.82, 2.24) is 9.80 Å². The average molecular weight is 321 g/mol. The van der Waals surface area contributed by atoms with Crippen molar-refractivity contribution < 1.29 is 18.0 Å². The molecular formula is C14H16ClF3N2O. The monoisotopic (exact) mass is 320 g/mol. The Bertz CT molecular complexity index is 499. The summed E-state index contributed by atoms with van der Waals surface area (Å²) < 4.78 is 38.0. The summed E-state index contributed by atoms with van der Waals surface area (Å²) in [5.41, 5.74) is -0.718. The van der Waals surface area contributed by atoms with Gasteiger partial charge in [0, 0.05) is 44.2 Å². The summed E-state index contributed by atoms with van der Waals surface area (Å²) in [6.07, 6.45) is -4.44. The first-order valence-electron chi connectivity index (χ1n) is 6.66. The molecule has 7 heteroatoms. The van der Waals surface area contributed by atoms with E-state index >= 15 is 0 Å². The van der Waals surface area contributed by atoms with Crippen LogP contribution in [0.25, 0.3) is 0 Å². The summed E-state index contributed by atoms with van der Waals surface area (Å²) in [6.45, 7) is 3.15. The predicted octanol–water partition coefficient (Wildman–Crippen LogP) is 2.70. The molecule has 1 aliphatic rings. The zero-order valence-electron chi connectivity index (χ0n) is 11.4. The van der Waals surface area contributed by atoms with Crippen molar-refractivity contribution in [3.05, 3.63) is 35.4 Å². The third-order valence-corrected chi connectivity index (χ3v) is 3.67. The van der Waals surface area contributed by atoms with Crippen molar-refractivity contribution >= 4 is 17.5 Å². The lowest BCUT2D eigenvalue weighted by Crippen LogP contribution is -2.49. The summed E-state index contributed by atoms with van der Waals surface area (Å²) in [5.74, 6) is 0.174. The molecule has 0 bridgehead atoms. The van der Waals surface area contributed by atoms with Gasteiger partial charge in [0.2, 0.25) is 0 Å². The van der Waals surface area contributed by atoms with E-state index in [1.54, 1.807) is 4.90 Å². The molecule has 1 fully saturated rings. The number of hydrogen-bond donors (Lipinski definition) is 0. The standard InChI is InChI=1S/C14H16ClF3N2O/c15-4-5-19-6-8-20(9-7-19)13(21)11-2-1-3-12(10-11)14(16,17)18/h1-3,10H,4-9H2. The first kappa shape index (κ1) is 16.1. The minimum Gasteiger partial charge on any atom is -0.336 e. The van der Waals surface area contributed by atoms with E-state index in [0.29, 0.717) is 32.1 Å². The summed E-state index contributed by atoms with van der Waals surface area (Å²) in [7, 11) is 0. The van der Waals surface area contributed by atoms with Gasteiger partial charge in [-0.05, 0) is 18.2 Å². The van der Waals surface area contributed by atoms with Gasteiger partial charge >= 0.3 is 6.18 Å². The van der Waals surface area contributed by atoms with Gasteiger partial charge in [-0.2, -0.15) is 13.2 Å². The summed E-state index contributed by atoms with van der Waals surface area (Å²) in [4.78, 5) is 16.0. The zero-order chi connectivity index (χ0) is 15.5. The minimum absolute atomic E-state index is 0.0793. The number of rotatable bonds is 3. The van der Waals surface area contributed by atoms with Crippen LogP contribution in [0.5, 0.6) is 0 Å². The van der Waals surface area contributed by atoms with Gasteiger partial charge in [0.05, 0.1) is 5.56 Å². The lowest BCUT2D eigenvalue weighted by Gasteiger charge is -2.34. The molecule has 0 radical (unpaired) electrons. The van der Waals surface area contributed by atoms with Crippen molar-refractivity contribution in [2.24, 2.45) is 0 Å². The van der Waals surface area contributed by atoms with E-state index in [0.717, 1.165) is 18.7 Å². The number of carbonyl (C=O) groups is 1. The largest absolute Gasteiger partial charge is 0.416 e. The predicted molar refractivity (Wildman–Crippen MR) is 74.5 cm³/mol. The summed E-state index contributed by atoms with van der Waals surface area (Å²) >= 11 is 5.66. The van der Waals surface area contributed by atoms with Crippen LogP contribution in [0.15, 0.2) is 24.3 Å². The van der Waals surface area contributed by atoms with Crippen LogP contribution >= 0.6 is 11.6 Å². The molecule has 0 spiro atoms. The Kier molecular flexibility index (Phi) is 5.11. The quantitative estimate of drug-likeness (QED) is 0.800. The molecule has 1 aromatic rings. The molecular weight excluding hydrogens is 305 g/mol. The van der Waals surface area contributed by atoms with Gasteiger partial charge in [0.25, 0.3) is 5.91 Å². The molecule has 1 aliphatic heterocycles. The maximum absolute atomic E-state index is 12.7. The lowest BCUT2D eigenvalue weighted by atomic mass is 10.1. The SMILES string of the molecule is O=C(c1cccc(C(F)(F)F)c1)N1CCN(CCCl)CC1. The smallest absolute Gasteiger partial charge is 0.336 e. The molecule has 0 aromatic heterocycles. The van der Waals surface area contributed by atoms with Gasteiger partial charge in [0.1, 0.15) is 0 Å². The Labute approximate surface area is 126 Å². The highest BCUT2D eigenvalue weighted by atomic mass is 35.5. The van der Waals surface area contributed by atoms with E-state index < -0.39 is 11.7 Å². The highest BCUT2D eigenvalue weighted by Crippen LogP contribution is 2.29. The van der Waals surface area contributed by atoms with Gasteiger partial charge in [-0.25, -0.2) is 0 Å². The number of piperazine rings is 1. The van der Waals surface area contributed by atoms with Crippen LogP contribution in [-0.2, 0) is 6.18 Å². The van der Waals surface area contributed by atoms with Gasteiger partial charge in [0.15, 0.2) is 0 Å². The Morgan fingerprint density at radius 1 is 1.19 bits per heavy atom. The molecule has 0 atom stereocenters. The van der Waals surface area contributed by atoms with Gasteiger partial charge in [-0.3, -0.25) is 9.69 Å². The summed E-state index contributed by atoms with van der Waals surface area (Å²) in [6, 6.07) is 4.56. The Hall–Kier alpha value is -1.27. The van der Waals surface area contributed by atoms with Gasteiger partial charge in [-0.15, -0.1) is 11.6 Å². The molecule has 1 heterocycles. The van der Waals surface area contributed by atoms with E-state index in [1.165, 1.54) is 12.1 Å². The van der Waals surface area contributed by atoms with Crippen LogP contribution in [-0.4, -0.2) is 54.3 Å². The van der Waals surface area contributed by atoms with E-state index in [-0.39, 0.29) is 11.5 Å². The third-order valence-electron chi connectivity index (χ3n) is 3.50. The fourth-order valence-electron chi connectivity index (χ4n) is 2.31. The summed E-state index contributed by atoms with van der Waals surface area (Å²) in [5, 5.41) is 0. The molecule has 0 aliphatic carbocycles. The molecule has 2 rings (SSSR count). The van der Waals surface area contributed by atoms with Crippen molar-refractivity contribution in [2.75, 3.05) is 38.6 Å². The van der Waals surface area contributed by atoms with E-state index in [1.807, 2.05) is 0 Å². The molecule has 0 unspecified atom stereocenters. The van der Waals surface area contributed by atoms with Crippen LogP contribution in [0.4, 0.5) is 13.2 Å². The zero-order valence-corrected chi connectivity index (χ0v) is 12.1. The second-order valence-corrected chi connectivity index (χ2v) is 5.28. The molecule has 0 saturated carbocycles. The van der Waals surface area contributed by atoms with E-state index in [9.17, 15) is 18.0 Å². The average Bonchev–Trinajstić information content (AvgIpc) is 2.47. The molecule has 1 saturated heterocycles. The topological polar surface area (TPSA) is 23.6 Å². The number of amides is 1. The van der Waals surface area contributed by atoms with Crippen molar-refractivity contribution in [2.45, 2.75) is 6.18 Å². The van der Waals surface area contributed by atoms with Crippen LogP contribution in [0.3, 0.4) is 0 Å². The Morgan fingerprint density at radius 2 is 1.86 bits per heavy atom. The fourth-order valence-corrected chi connectivity index (χ4v) is 2.54. The van der Waals surface area contributed by atoms with Crippen molar-refractivity contribution in [3.8, 4) is 0 Å². The molecule has 1 amide bonds. The number of benzene rings is 1.